The summed E-state index contributed by atoms with van der Waals surface area (Å²) in [4.78, 5) is 3.98. The Kier molecular flexibility index (Phi) is 2.47. The lowest BCUT2D eigenvalue weighted by molar-refractivity contribution is 0.643. The number of fused-ring (bicyclic) bond motifs is 3. The molecule has 2 aromatic rings. The zero-order valence-corrected chi connectivity index (χ0v) is 10.9. The van der Waals surface area contributed by atoms with Crippen LogP contribution >= 0.6 is 0 Å². The van der Waals surface area contributed by atoms with E-state index in [1.54, 1.807) is 4.80 Å². The van der Waals surface area contributed by atoms with Gasteiger partial charge in [0.15, 0.2) is 0 Å². The Bertz CT molecular complexity index is 587. The minimum absolute atomic E-state index is 0.825. The molecule has 0 fully saturated rings. The SMILES string of the molecule is CCN1Cc2nn(C)nc2-c2cccc(NC)c21. The van der Waals surface area contributed by atoms with Crippen LogP contribution in [0.5, 0.6) is 0 Å². The molecule has 5 nitrogen and oxygen atoms in total. The number of para-hydroxylation sites is 1. The van der Waals surface area contributed by atoms with Crippen LogP contribution in [0.15, 0.2) is 18.2 Å². The quantitative estimate of drug-likeness (QED) is 0.874. The molecule has 5 heteroatoms. The van der Waals surface area contributed by atoms with Crippen molar-refractivity contribution >= 4 is 11.4 Å². The summed E-state index contributed by atoms with van der Waals surface area (Å²) in [6.45, 7) is 3.95. The van der Waals surface area contributed by atoms with Crippen LogP contribution in [0.3, 0.4) is 0 Å². The average molecular weight is 243 g/mol. The average Bonchev–Trinajstić information content (AvgIpc) is 2.77. The third-order valence-electron chi connectivity index (χ3n) is 3.38. The summed E-state index contributed by atoms with van der Waals surface area (Å²) in [6, 6.07) is 6.27. The largest absolute Gasteiger partial charge is 0.386 e. The van der Waals surface area contributed by atoms with Crippen LogP contribution in [-0.2, 0) is 13.6 Å². The number of anilines is 2. The van der Waals surface area contributed by atoms with Crippen LogP contribution < -0.4 is 10.2 Å². The maximum Gasteiger partial charge on any atom is 0.120 e. The fraction of sp³-hybridized carbons (Fsp3) is 0.385. The minimum Gasteiger partial charge on any atom is -0.386 e. The van der Waals surface area contributed by atoms with Crippen LogP contribution in [0.2, 0.25) is 0 Å². The van der Waals surface area contributed by atoms with Crippen LogP contribution in [0, 0.1) is 0 Å². The van der Waals surface area contributed by atoms with Gasteiger partial charge >= 0.3 is 0 Å². The van der Waals surface area contributed by atoms with Crippen LogP contribution in [0.25, 0.3) is 11.3 Å². The lowest BCUT2D eigenvalue weighted by Gasteiger charge is -2.30. The fourth-order valence-electron chi connectivity index (χ4n) is 2.57. The maximum absolute atomic E-state index is 4.49. The van der Waals surface area contributed by atoms with Gasteiger partial charge in [-0.1, -0.05) is 12.1 Å². The number of aromatic nitrogens is 3. The first-order chi connectivity index (χ1) is 8.74. The molecule has 94 valence electrons. The highest BCUT2D eigenvalue weighted by atomic mass is 15.5. The van der Waals surface area contributed by atoms with E-state index < -0.39 is 0 Å². The second kappa shape index (κ2) is 4.01. The summed E-state index contributed by atoms with van der Waals surface area (Å²) in [7, 11) is 3.83. The molecule has 0 amide bonds. The molecule has 2 heterocycles. The summed E-state index contributed by atoms with van der Waals surface area (Å²) in [5, 5.41) is 12.2. The van der Waals surface area contributed by atoms with Gasteiger partial charge in [0, 0.05) is 26.2 Å². The highest BCUT2D eigenvalue weighted by molar-refractivity contribution is 5.89. The van der Waals surface area contributed by atoms with Crippen molar-refractivity contribution in [2.45, 2.75) is 13.5 Å². The number of nitrogens with one attached hydrogen (secondary N) is 1. The zero-order valence-electron chi connectivity index (χ0n) is 10.9. The minimum atomic E-state index is 0.825. The number of aryl methyl sites for hydroxylation is 1. The van der Waals surface area contributed by atoms with Crippen LogP contribution in [0.1, 0.15) is 12.6 Å². The molecule has 18 heavy (non-hydrogen) atoms. The lowest BCUT2D eigenvalue weighted by Crippen LogP contribution is -2.27. The van der Waals surface area contributed by atoms with Crippen LogP contribution in [0.4, 0.5) is 11.4 Å². The Balaban J connectivity index is 2.26. The first kappa shape index (κ1) is 11.1. The second-order valence-electron chi connectivity index (χ2n) is 4.45. The van der Waals surface area contributed by atoms with Gasteiger partial charge in [-0.05, 0) is 13.0 Å². The summed E-state index contributed by atoms with van der Waals surface area (Å²) in [5.41, 5.74) is 5.61. The third kappa shape index (κ3) is 1.47. The standard InChI is InChI=1S/C13H17N5/c1-4-18-8-11-12(16-17(3)15-11)9-6-5-7-10(14-2)13(9)18/h5-7,14H,4,8H2,1-3H3. The van der Waals surface area contributed by atoms with Gasteiger partial charge in [-0.15, -0.1) is 0 Å². The van der Waals surface area contributed by atoms with Gasteiger partial charge in [0.2, 0.25) is 0 Å². The van der Waals surface area contributed by atoms with Crippen molar-refractivity contribution in [1.29, 1.82) is 0 Å². The van der Waals surface area contributed by atoms with Gasteiger partial charge in [0.25, 0.3) is 0 Å². The van der Waals surface area contributed by atoms with E-state index in [0.717, 1.165) is 35.7 Å². The number of rotatable bonds is 2. The summed E-state index contributed by atoms with van der Waals surface area (Å²) >= 11 is 0. The molecule has 3 rings (SSSR count). The normalized spacial score (nSPS) is 13.2. The van der Waals surface area contributed by atoms with E-state index in [-0.39, 0.29) is 0 Å². The lowest BCUT2D eigenvalue weighted by atomic mass is 10.0. The number of hydrogen-bond donors (Lipinski definition) is 1. The molecular weight excluding hydrogens is 226 g/mol. The van der Waals surface area contributed by atoms with Crippen molar-refractivity contribution in [3.8, 4) is 11.3 Å². The molecule has 1 aromatic heterocycles. The molecule has 1 N–H and O–H groups in total. The number of hydrogen-bond acceptors (Lipinski definition) is 4. The predicted molar refractivity (Wildman–Crippen MR) is 72.7 cm³/mol. The molecular formula is C13H17N5. The molecule has 0 radical (unpaired) electrons. The Morgan fingerprint density at radius 1 is 1.33 bits per heavy atom. The third-order valence-corrected chi connectivity index (χ3v) is 3.38. The molecule has 0 bridgehead atoms. The Hall–Kier alpha value is -2.04. The van der Waals surface area contributed by atoms with Crippen molar-refractivity contribution in [3.05, 3.63) is 23.9 Å². The predicted octanol–water partition coefficient (Wildman–Crippen LogP) is 1.86. The van der Waals surface area contributed by atoms with Crippen LogP contribution in [-0.4, -0.2) is 28.6 Å². The summed E-state index contributed by atoms with van der Waals surface area (Å²) < 4.78 is 0. The topological polar surface area (TPSA) is 46.0 Å². The number of nitrogens with zero attached hydrogens (tertiary/aromatic N) is 4. The highest BCUT2D eigenvalue weighted by Gasteiger charge is 2.26. The smallest absolute Gasteiger partial charge is 0.120 e. The van der Waals surface area contributed by atoms with Crippen molar-refractivity contribution in [2.75, 3.05) is 23.8 Å². The summed E-state index contributed by atoms with van der Waals surface area (Å²) in [5.74, 6) is 0. The fourth-order valence-corrected chi connectivity index (χ4v) is 2.57. The molecule has 0 atom stereocenters. The molecule has 0 unspecified atom stereocenters. The zero-order chi connectivity index (χ0) is 12.7. The van der Waals surface area contributed by atoms with E-state index in [9.17, 15) is 0 Å². The first-order valence-electron chi connectivity index (χ1n) is 6.21. The molecule has 1 aliphatic heterocycles. The van der Waals surface area contributed by atoms with E-state index in [1.165, 1.54) is 5.69 Å². The van der Waals surface area contributed by atoms with E-state index in [0.29, 0.717) is 0 Å². The number of benzene rings is 1. The van der Waals surface area contributed by atoms with Gasteiger partial charge in [0.05, 0.1) is 17.9 Å². The monoisotopic (exact) mass is 243 g/mol. The Labute approximate surface area is 106 Å². The molecule has 0 aliphatic carbocycles. The van der Waals surface area contributed by atoms with Gasteiger partial charge < -0.3 is 10.2 Å². The van der Waals surface area contributed by atoms with Gasteiger partial charge in [-0.3, -0.25) is 0 Å². The van der Waals surface area contributed by atoms with Crippen molar-refractivity contribution in [1.82, 2.24) is 15.0 Å². The van der Waals surface area contributed by atoms with Gasteiger partial charge in [-0.2, -0.15) is 15.0 Å². The van der Waals surface area contributed by atoms with E-state index in [4.69, 9.17) is 0 Å². The Morgan fingerprint density at radius 3 is 2.89 bits per heavy atom. The molecule has 1 aliphatic rings. The van der Waals surface area contributed by atoms with Gasteiger partial charge in [-0.25, -0.2) is 0 Å². The molecule has 0 spiro atoms. The van der Waals surface area contributed by atoms with E-state index in [1.807, 2.05) is 14.1 Å². The van der Waals surface area contributed by atoms with Gasteiger partial charge in [0.1, 0.15) is 11.4 Å². The Morgan fingerprint density at radius 2 is 2.17 bits per heavy atom. The molecule has 0 saturated heterocycles. The second-order valence-corrected chi connectivity index (χ2v) is 4.45. The van der Waals surface area contributed by atoms with Crippen molar-refractivity contribution < 1.29 is 0 Å². The van der Waals surface area contributed by atoms with E-state index >= 15 is 0 Å². The van der Waals surface area contributed by atoms with Crippen molar-refractivity contribution in [2.24, 2.45) is 7.05 Å². The first-order valence-corrected chi connectivity index (χ1v) is 6.21. The highest BCUT2D eigenvalue weighted by Crippen LogP contribution is 2.41. The van der Waals surface area contributed by atoms with Crippen molar-refractivity contribution in [3.63, 3.8) is 0 Å². The summed E-state index contributed by atoms with van der Waals surface area (Å²) in [6.07, 6.45) is 0. The molecule has 1 aromatic carbocycles. The molecule has 0 saturated carbocycles. The maximum atomic E-state index is 4.49. The van der Waals surface area contributed by atoms with E-state index in [2.05, 4.69) is 45.5 Å².